The summed E-state index contributed by atoms with van der Waals surface area (Å²) < 4.78 is 16.4. The molecule has 2 saturated heterocycles. The molecule has 0 unspecified atom stereocenters. The highest BCUT2D eigenvalue weighted by atomic mass is 16.5. The summed E-state index contributed by atoms with van der Waals surface area (Å²) in [4.78, 5) is 26.1. The van der Waals surface area contributed by atoms with E-state index in [4.69, 9.17) is 14.2 Å². The zero-order chi connectivity index (χ0) is 18.5. The lowest BCUT2D eigenvalue weighted by Crippen LogP contribution is -2.39. The highest BCUT2D eigenvalue weighted by Gasteiger charge is 2.66. The number of nitrogens with zero attached hydrogens (tertiary/aromatic N) is 1. The van der Waals surface area contributed by atoms with E-state index in [1.807, 2.05) is 24.3 Å². The molecule has 2 fully saturated rings. The number of carboxylic acid groups (broad SMARTS) is 1. The maximum Gasteiger partial charge on any atom is 0.310 e. The van der Waals surface area contributed by atoms with Gasteiger partial charge in [0.25, 0.3) is 0 Å². The topological polar surface area (TPSA) is 85.3 Å². The van der Waals surface area contributed by atoms with Gasteiger partial charge < -0.3 is 24.2 Å². The number of ether oxygens (including phenoxy) is 3. The number of aliphatic carboxylic acids is 1. The van der Waals surface area contributed by atoms with E-state index in [0.29, 0.717) is 31.0 Å². The maximum absolute atomic E-state index is 12.8. The van der Waals surface area contributed by atoms with Gasteiger partial charge in [-0.05, 0) is 24.1 Å². The summed E-state index contributed by atoms with van der Waals surface area (Å²) in [6.45, 7) is 0.904. The maximum atomic E-state index is 12.8. The summed E-state index contributed by atoms with van der Waals surface area (Å²) in [5.41, 5.74) is 0.239. The van der Waals surface area contributed by atoms with Crippen molar-refractivity contribution in [3.63, 3.8) is 0 Å². The molecule has 26 heavy (non-hydrogen) atoms. The summed E-state index contributed by atoms with van der Waals surface area (Å²) in [7, 11) is 3.16. The molecular formula is C19H21NO6. The summed E-state index contributed by atoms with van der Waals surface area (Å²) in [6.07, 6.45) is 3.80. The minimum atomic E-state index is -0.971. The van der Waals surface area contributed by atoms with E-state index in [-0.39, 0.29) is 5.91 Å². The molecule has 2 bridgehead atoms. The summed E-state index contributed by atoms with van der Waals surface area (Å²) in [6, 6.07) is 5.66. The number of amides is 1. The zero-order valence-electron chi connectivity index (χ0n) is 14.7. The molecule has 3 aliphatic rings. The number of benzene rings is 1. The van der Waals surface area contributed by atoms with Gasteiger partial charge in [0.2, 0.25) is 5.91 Å². The van der Waals surface area contributed by atoms with E-state index in [9.17, 15) is 14.7 Å². The van der Waals surface area contributed by atoms with Gasteiger partial charge in [0.1, 0.15) is 11.5 Å². The first-order chi connectivity index (χ1) is 12.5. The highest BCUT2D eigenvalue weighted by molar-refractivity contribution is 5.90. The Morgan fingerprint density at radius 3 is 2.81 bits per heavy atom. The molecule has 138 valence electrons. The molecule has 7 nitrogen and oxygen atoms in total. The van der Waals surface area contributed by atoms with Crippen molar-refractivity contribution in [3.05, 3.63) is 35.9 Å². The smallest absolute Gasteiger partial charge is 0.310 e. The standard InChI is InChI=1S/C19H21NO6/c1-24-12-4-3-11(9-14(12)25-2)6-8-20-10-19-7-5-13(26-19)15(18(22)23)16(19)17(20)21/h3-5,7,9,13,15-16H,6,8,10H2,1-2H3,(H,22,23)/t13-,15+,16-,19+/m0/s1. The summed E-state index contributed by atoms with van der Waals surface area (Å²) in [5, 5.41) is 9.49. The van der Waals surface area contributed by atoms with Crippen molar-refractivity contribution >= 4 is 11.9 Å². The monoisotopic (exact) mass is 359 g/mol. The molecule has 1 aromatic rings. The number of rotatable bonds is 6. The first-order valence-corrected chi connectivity index (χ1v) is 8.59. The number of fused-ring (bicyclic) bond motifs is 1. The molecule has 1 spiro atoms. The molecule has 0 radical (unpaired) electrons. The predicted molar refractivity (Wildman–Crippen MR) is 91.2 cm³/mol. The SMILES string of the molecule is COc1ccc(CCN2C[C@@]34C=C[C@H](O3)[C@@H](C(=O)O)[C@H]4C2=O)cc1OC. The largest absolute Gasteiger partial charge is 0.493 e. The first kappa shape index (κ1) is 16.9. The lowest BCUT2D eigenvalue weighted by atomic mass is 9.77. The van der Waals surface area contributed by atoms with Crippen LogP contribution in [-0.2, 0) is 20.7 Å². The van der Waals surface area contributed by atoms with E-state index in [2.05, 4.69) is 0 Å². The van der Waals surface area contributed by atoms with Crippen molar-refractivity contribution in [2.24, 2.45) is 11.8 Å². The van der Waals surface area contributed by atoms with Crippen molar-refractivity contribution in [1.29, 1.82) is 0 Å². The lowest BCUT2D eigenvalue weighted by molar-refractivity contribution is -0.148. The Bertz CT molecular complexity index is 790. The van der Waals surface area contributed by atoms with Gasteiger partial charge in [0, 0.05) is 6.54 Å². The van der Waals surface area contributed by atoms with Crippen LogP contribution < -0.4 is 9.47 Å². The highest BCUT2D eigenvalue weighted by Crippen LogP contribution is 2.51. The lowest BCUT2D eigenvalue weighted by Gasteiger charge is -2.21. The molecule has 1 aromatic carbocycles. The number of methoxy groups -OCH3 is 2. The van der Waals surface area contributed by atoms with Gasteiger partial charge in [-0.25, -0.2) is 0 Å². The number of carbonyl (C=O) groups excluding carboxylic acids is 1. The van der Waals surface area contributed by atoms with E-state index in [1.165, 1.54) is 0 Å². The van der Waals surface area contributed by atoms with Gasteiger partial charge in [0.15, 0.2) is 11.5 Å². The van der Waals surface area contributed by atoms with Crippen molar-refractivity contribution in [3.8, 4) is 11.5 Å². The zero-order valence-corrected chi connectivity index (χ0v) is 14.7. The second kappa shape index (κ2) is 6.02. The molecule has 0 aromatic heterocycles. The third kappa shape index (κ3) is 2.38. The van der Waals surface area contributed by atoms with Gasteiger partial charge in [-0.3, -0.25) is 9.59 Å². The van der Waals surface area contributed by atoms with Crippen LogP contribution in [0.4, 0.5) is 0 Å². The Kier molecular flexibility index (Phi) is 3.91. The third-order valence-electron chi connectivity index (χ3n) is 5.58. The molecule has 1 amide bonds. The van der Waals surface area contributed by atoms with Crippen LogP contribution >= 0.6 is 0 Å². The molecule has 0 aliphatic carbocycles. The summed E-state index contributed by atoms with van der Waals surface area (Å²) in [5.74, 6) is -1.23. The van der Waals surface area contributed by atoms with Gasteiger partial charge in [-0.1, -0.05) is 18.2 Å². The molecule has 7 heteroatoms. The van der Waals surface area contributed by atoms with Crippen molar-refractivity contribution in [2.45, 2.75) is 18.1 Å². The minimum absolute atomic E-state index is 0.135. The van der Waals surface area contributed by atoms with Gasteiger partial charge in [-0.15, -0.1) is 0 Å². The second-order valence-corrected chi connectivity index (χ2v) is 6.94. The van der Waals surface area contributed by atoms with Crippen LogP contribution in [0.2, 0.25) is 0 Å². The fourth-order valence-electron chi connectivity index (χ4n) is 4.35. The molecule has 0 saturated carbocycles. The van der Waals surface area contributed by atoms with Crippen LogP contribution in [0.25, 0.3) is 0 Å². The van der Waals surface area contributed by atoms with Crippen molar-refractivity contribution in [2.75, 3.05) is 27.3 Å². The fraction of sp³-hybridized carbons (Fsp3) is 0.474. The van der Waals surface area contributed by atoms with Gasteiger partial charge in [-0.2, -0.15) is 0 Å². The van der Waals surface area contributed by atoms with Crippen LogP contribution in [0, 0.1) is 11.8 Å². The first-order valence-electron chi connectivity index (χ1n) is 8.59. The Morgan fingerprint density at radius 1 is 1.35 bits per heavy atom. The predicted octanol–water partition coefficient (Wildman–Crippen LogP) is 1.11. The van der Waals surface area contributed by atoms with Crippen molar-refractivity contribution < 1.29 is 28.9 Å². The third-order valence-corrected chi connectivity index (χ3v) is 5.58. The average Bonchev–Trinajstić information content (AvgIpc) is 3.27. The van der Waals surface area contributed by atoms with Crippen LogP contribution in [0.3, 0.4) is 0 Å². The minimum Gasteiger partial charge on any atom is -0.493 e. The van der Waals surface area contributed by atoms with E-state index in [1.54, 1.807) is 25.2 Å². The Morgan fingerprint density at radius 2 is 2.12 bits per heavy atom. The van der Waals surface area contributed by atoms with E-state index < -0.39 is 29.5 Å². The Labute approximate surface area is 151 Å². The van der Waals surface area contributed by atoms with Crippen LogP contribution in [0.1, 0.15) is 5.56 Å². The molecule has 4 rings (SSSR count). The number of hydrogen-bond acceptors (Lipinski definition) is 5. The molecule has 1 N–H and O–H groups in total. The number of likely N-dealkylation sites (tertiary alicyclic amines) is 1. The van der Waals surface area contributed by atoms with Crippen LogP contribution in [0.15, 0.2) is 30.4 Å². The number of carboxylic acids is 1. The van der Waals surface area contributed by atoms with Crippen LogP contribution in [-0.4, -0.2) is 60.9 Å². The molecular weight excluding hydrogens is 338 g/mol. The van der Waals surface area contributed by atoms with Crippen molar-refractivity contribution in [1.82, 2.24) is 4.90 Å². The normalized spacial score (nSPS) is 31.4. The fourth-order valence-corrected chi connectivity index (χ4v) is 4.35. The number of carbonyl (C=O) groups is 2. The Balaban J connectivity index is 1.48. The van der Waals surface area contributed by atoms with Gasteiger partial charge >= 0.3 is 5.97 Å². The molecule has 3 aliphatic heterocycles. The summed E-state index contributed by atoms with van der Waals surface area (Å²) >= 11 is 0. The second-order valence-electron chi connectivity index (χ2n) is 6.94. The van der Waals surface area contributed by atoms with E-state index in [0.717, 1.165) is 5.56 Å². The Hall–Kier alpha value is -2.54. The number of hydrogen-bond donors (Lipinski definition) is 1. The quantitative estimate of drug-likeness (QED) is 0.766. The van der Waals surface area contributed by atoms with Gasteiger partial charge in [0.05, 0.1) is 32.8 Å². The van der Waals surface area contributed by atoms with Crippen LogP contribution in [0.5, 0.6) is 11.5 Å². The molecule has 3 heterocycles. The average molecular weight is 359 g/mol. The van der Waals surface area contributed by atoms with E-state index >= 15 is 0 Å². The molecule has 4 atom stereocenters.